The van der Waals surface area contributed by atoms with Gasteiger partial charge in [0.2, 0.25) is 0 Å². The van der Waals surface area contributed by atoms with Crippen molar-refractivity contribution in [3.63, 3.8) is 0 Å². The van der Waals surface area contributed by atoms with Gasteiger partial charge in [-0.25, -0.2) is 9.18 Å². The van der Waals surface area contributed by atoms with Crippen LogP contribution in [-0.4, -0.2) is 35.7 Å². The summed E-state index contributed by atoms with van der Waals surface area (Å²) in [4.78, 5) is 13.6. The van der Waals surface area contributed by atoms with E-state index in [9.17, 15) is 14.3 Å². The fraction of sp³-hybridized carbons (Fsp3) is 0.316. The van der Waals surface area contributed by atoms with Gasteiger partial charge < -0.3 is 20.1 Å². The van der Waals surface area contributed by atoms with E-state index in [4.69, 9.17) is 4.74 Å². The number of hydrogen-bond donors (Lipinski definition) is 2. The van der Waals surface area contributed by atoms with Gasteiger partial charge in [-0.2, -0.15) is 0 Å². The maximum atomic E-state index is 13.1. The van der Waals surface area contributed by atoms with E-state index in [2.05, 4.69) is 5.32 Å². The number of nitrogens with zero attached hydrogens (tertiary/aromatic N) is 1. The van der Waals surface area contributed by atoms with Crippen LogP contribution in [0.4, 0.5) is 14.9 Å². The number of carbonyl (C=O) groups is 1. The Bertz CT molecular complexity index is 707. The van der Waals surface area contributed by atoms with Crippen LogP contribution < -0.4 is 10.1 Å². The summed E-state index contributed by atoms with van der Waals surface area (Å²) in [7, 11) is 1.68. The van der Waals surface area contributed by atoms with Crippen LogP contribution in [0.25, 0.3) is 0 Å². The van der Waals surface area contributed by atoms with E-state index in [1.54, 1.807) is 38.2 Å². The Kier molecular flexibility index (Phi) is 6.77. The number of nitrogens with one attached hydrogen (secondary N) is 1. The third-order valence-electron chi connectivity index (χ3n) is 3.61. The summed E-state index contributed by atoms with van der Waals surface area (Å²) in [6.45, 7) is 2.42. The molecule has 0 spiro atoms. The lowest BCUT2D eigenvalue weighted by Crippen LogP contribution is -2.33. The summed E-state index contributed by atoms with van der Waals surface area (Å²) in [5.74, 6) is 0.103. The number of hydrogen-bond acceptors (Lipinski definition) is 3. The van der Waals surface area contributed by atoms with Crippen molar-refractivity contribution < 1.29 is 19.0 Å². The van der Waals surface area contributed by atoms with Crippen LogP contribution in [0.5, 0.6) is 5.75 Å². The molecule has 0 aliphatic heterocycles. The Labute approximate surface area is 147 Å². The molecule has 0 saturated heterocycles. The van der Waals surface area contributed by atoms with Gasteiger partial charge in [0.25, 0.3) is 0 Å². The van der Waals surface area contributed by atoms with Gasteiger partial charge in [0, 0.05) is 25.3 Å². The molecule has 1 atom stereocenters. The van der Waals surface area contributed by atoms with Gasteiger partial charge in [-0.05, 0) is 43.2 Å². The summed E-state index contributed by atoms with van der Waals surface area (Å²) < 4.78 is 18.7. The zero-order valence-electron chi connectivity index (χ0n) is 14.4. The standard InChI is InChI=1S/C19H23FN2O3/c1-14(23)9-10-22(2)19(24)21-17-7-3-5-15(11-17)13-25-18-8-4-6-16(20)12-18/h3-8,11-12,14,23H,9-10,13H2,1-2H3,(H,21,24). The molecule has 6 heteroatoms. The van der Waals surface area contributed by atoms with Crippen molar-refractivity contribution in [2.75, 3.05) is 18.9 Å². The van der Waals surface area contributed by atoms with E-state index in [1.165, 1.54) is 17.0 Å². The molecule has 2 rings (SSSR count). The molecule has 0 aromatic heterocycles. The third kappa shape index (κ3) is 6.43. The summed E-state index contributed by atoms with van der Waals surface area (Å²) in [5, 5.41) is 12.1. The van der Waals surface area contributed by atoms with E-state index in [0.29, 0.717) is 24.4 Å². The molecule has 2 aromatic carbocycles. The van der Waals surface area contributed by atoms with Crippen LogP contribution in [0, 0.1) is 5.82 Å². The fourth-order valence-corrected chi connectivity index (χ4v) is 2.16. The molecule has 5 nitrogen and oxygen atoms in total. The second-order valence-corrected chi connectivity index (χ2v) is 5.94. The molecule has 2 aromatic rings. The van der Waals surface area contributed by atoms with E-state index in [0.717, 1.165) is 5.56 Å². The van der Waals surface area contributed by atoms with Gasteiger partial charge in [0.05, 0.1) is 6.10 Å². The first-order valence-electron chi connectivity index (χ1n) is 8.11. The molecular weight excluding hydrogens is 323 g/mol. The summed E-state index contributed by atoms with van der Waals surface area (Å²) in [6, 6.07) is 13.0. The van der Waals surface area contributed by atoms with Crippen LogP contribution in [-0.2, 0) is 6.61 Å². The Morgan fingerprint density at radius 2 is 2.04 bits per heavy atom. The number of rotatable bonds is 7. The molecule has 2 amide bonds. The fourth-order valence-electron chi connectivity index (χ4n) is 2.16. The van der Waals surface area contributed by atoms with E-state index in [1.807, 2.05) is 12.1 Å². The molecule has 0 fully saturated rings. The van der Waals surface area contributed by atoms with Gasteiger partial charge in [0.1, 0.15) is 18.2 Å². The molecule has 0 aliphatic carbocycles. The number of anilines is 1. The minimum absolute atomic E-state index is 0.246. The Hall–Kier alpha value is -2.60. The first-order chi connectivity index (χ1) is 11.9. The zero-order valence-corrected chi connectivity index (χ0v) is 14.4. The molecule has 1 unspecified atom stereocenters. The number of carbonyl (C=O) groups excluding carboxylic acids is 1. The molecule has 25 heavy (non-hydrogen) atoms. The number of benzene rings is 2. The SMILES string of the molecule is CC(O)CCN(C)C(=O)Nc1cccc(COc2cccc(F)c2)c1. The summed E-state index contributed by atoms with van der Waals surface area (Å²) in [5.41, 5.74) is 1.50. The lowest BCUT2D eigenvalue weighted by Gasteiger charge is -2.19. The highest BCUT2D eigenvalue weighted by molar-refractivity contribution is 5.89. The summed E-state index contributed by atoms with van der Waals surface area (Å²) >= 11 is 0. The average molecular weight is 346 g/mol. The number of ether oxygens (including phenoxy) is 1. The molecule has 2 N–H and O–H groups in total. The second kappa shape index (κ2) is 9.03. The minimum atomic E-state index is -0.446. The van der Waals surface area contributed by atoms with E-state index < -0.39 is 6.10 Å². The Morgan fingerprint density at radius 3 is 2.76 bits per heavy atom. The quantitative estimate of drug-likeness (QED) is 0.805. The summed E-state index contributed by atoms with van der Waals surface area (Å²) in [6.07, 6.45) is 0.0735. The first kappa shape index (κ1) is 18.7. The highest BCUT2D eigenvalue weighted by atomic mass is 19.1. The van der Waals surface area contributed by atoms with Crippen molar-refractivity contribution in [3.8, 4) is 5.75 Å². The van der Waals surface area contributed by atoms with Crippen LogP contribution in [0.3, 0.4) is 0 Å². The van der Waals surface area contributed by atoms with Gasteiger partial charge in [-0.1, -0.05) is 18.2 Å². The number of aliphatic hydroxyl groups excluding tert-OH is 1. The lowest BCUT2D eigenvalue weighted by atomic mass is 10.2. The van der Waals surface area contributed by atoms with Crippen molar-refractivity contribution in [1.82, 2.24) is 4.90 Å². The van der Waals surface area contributed by atoms with Crippen molar-refractivity contribution in [2.45, 2.75) is 26.1 Å². The highest BCUT2D eigenvalue weighted by Gasteiger charge is 2.10. The number of halogens is 1. The van der Waals surface area contributed by atoms with Crippen LogP contribution in [0.15, 0.2) is 48.5 Å². The number of aliphatic hydroxyl groups is 1. The molecule has 0 heterocycles. The van der Waals surface area contributed by atoms with Gasteiger partial charge in [-0.15, -0.1) is 0 Å². The number of amides is 2. The minimum Gasteiger partial charge on any atom is -0.489 e. The Morgan fingerprint density at radius 1 is 1.28 bits per heavy atom. The predicted molar refractivity (Wildman–Crippen MR) is 95.1 cm³/mol. The van der Waals surface area contributed by atoms with Gasteiger partial charge in [0.15, 0.2) is 0 Å². The van der Waals surface area contributed by atoms with Crippen LogP contribution in [0.2, 0.25) is 0 Å². The highest BCUT2D eigenvalue weighted by Crippen LogP contribution is 2.16. The maximum Gasteiger partial charge on any atom is 0.321 e. The number of urea groups is 1. The monoisotopic (exact) mass is 346 g/mol. The maximum absolute atomic E-state index is 13.1. The second-order valence-electron chi connectivity index (χ2n) is 5.94. The predicted octanol–water partition coefficient (Wildman–Crippen LogP) is 3.64. The van der Waals surface area contributed by atoms with Crippen LogP contribution in [0.1, 0.15) is 18.9 Å². The largest absolute Gasteiger partial charge is 0.489 e. The normalized spacial score (nSPS) is 11.7. The van der Waals surface area contributed by atoms with Gasteiger partial charge in [-0.3, -0.25) is 0 Å². The van der Waals surface area contributed by atoms with Crippen molar-refractivity contribution in [3.05, 3.63) is 59.9 Å². The topological polar surface area (TPSA) is 61.8 Å². The lowest BCUT2D eigenvalue weighted by molar-refractivity contribution is 0.167. The molecule has 134 valence electrons. The Balaban J connectivity index is 1.91. The first-order valence-corrected chi connectivity index (χ1v) is 8.11. The molecule has 0 aliphatic rings. The van der Waals surface area contributed by atoms with Crippen molar-refractivity contribution in [1.29, 1.82) is 0 Å². The zero-order chi connectivity index (χ0) is 18.2. The molecule has 0 radical (unpaired) electrons. The molecule has 0 saturated carbocycles. The van der Waals surface area contributed by atoms with Gasteiger partial charge >= 0.3 is 6.03 Å². The third-order valence-corrected chi connectivity index (χ3v) is 3.61. The van der Waals surface area contributed by atoms with E-state index in [-0.39, 0.29) is 18.5 Å². The van der Waals surface area contributed by atoms with Crippen LogP contribution >= 0.6 is 0 Å². The van der Waals surface area contributed by atoms with Crippen molar-refractivity contribution in [2.24, 2.45) is 0 Å². The van der Waals surface area contributed by atoms with E-state index >= 15 is 0 Å². The average Bonchev–Trinajstić information content (AvgIpc) is 2.58. The van der Waals surface area contributed by atoms with Crippen molar-refractivity contribution >= 4 is 11.7 Å². The molecular formula is C19H23FN2O3. The molecule has 0 bridgehead atoms. The smallest absolute Gasteiger partial charge is 0.321 e.